The number of hydrogen-bond acceptors (Lipinski definition) is 4. The number of esters is 1. The molecule has 0 aromatic heterocycles. The Morgan fingerprint density at radius 1 is 1.19 bits per heavy atom. The van der Waals surface area contributed by atoms with Crippen LogP contribution in [-0.2, 0) is 19.0 Å². The van der Waals surface area contributed by atoms with Crippen molar-refractivity contribution in [2.45, 2.75) is 85.0 Å². The first-order valence-corrected chi connectivity index (χ1v) is 11.0. The Labute approximate surface area is 131 Å². The number of carbonyl (C=O) groups excluding carboxylic acids is 1. The van der Waals surface area contributed by atoms with E-state index >= 15 is 0 Å². The quantitative estimate of drug-likeness (QED) is 0.267. The number of ether oxygens (including phenoxy) is 1. The summed E-state index contributed by atoms with van der Waals surface area (Å²) in [7, 11) is -1.98. The fourth-order valence-electron chi connectivity index (χ4n) is 1.52. The van der Waals surface area contributed by atoms with Crippen LogP contribution in [0.5, 0.6) is 0 Å². The zero-order valence-corrected chi connectivity index (χ0v) is 16.1. The third-order valence-electron chi connectivity index (χ3n) is 4.24. The Hall–Kier alpha value is -0.393. The molecule has 0 unspecified atom stereocenters. The van der Waals surface area contributed by atoms with Gasteiger partial charge in [0, 0.05) is 0 Å². The van der Waals surface area contributed by atoms with Crippen LogP contribution in [0.15, 0.2) is 0 Å². The summed E-state index contributed by atoms with van der Waals surface area (Å²) in [5.74, 6) is -0.515. The lowest BCUT2D eigenvalue weighted by atomic mass is 10.00. The van der Waals surface area contributed by atoms with Gasteiger partial charge in [-0.25, -0.2) is 4.89 Å². The van der Waals surface area contributed by atoms with Gasteiger partial charge in [-0.05, 0) is 38.4 Å². The van der Waals surface area contributed by atoms with E-state index in [1.807, 2.05) is 13.8 Å². The Morgan fingerprint density at radius 2 is 1.76 bits per heavy atom. The monoisotopic (exact) mass is 318 g/mol. The first kappa shape index (κ1) is 20.6. The molecule has 0 amide bonds. The van der Waals surface area contributed by atoms with Crippen molar-refractivity contribution < 1.29 is 19.0 Å². The van der Waals surface area contributed by atoms with Gasteiger partial charge < -0.3 is 4.74 Å². The molecule has 0 aliphatic heterocycles. The zero-order chi connectivity index (χ0) is 16.7. The van der Waals surface area contributed by atoms with Crippen LogP contribution in [-0.4, -0.2) is 27.0 Å². The second-order valence-corrected chi connectivity index (χ2v) is 11.8. The van der Waals surface area contributed by atoms with Crippen molar-refractivity contribution in [1.82, 2.24) is 0 Å². The van der Waals surface area contributed by atoms with Gasteiger partial charge in [0.2, 0.25) is 8.32 Å². The van der Waals surface area contributed by atoms with Gasteiger partial charge in [-0.2, -0.15) is 0 Å². The molecular weight excluding hydrogens is 284 g/mol. The van der Waals surface area contributed by atoms with Gasteiger partial charge in [-0.15, -0.1) is 0 Å². The second-order valence-electron chi connectivity index (χ2n) is 7.16. The highest BCUT2D eigenvalue weighted by molar-refractivity contribution is 6.73. The van der Waals surface area contributed by atoms with Crippen molar-refractivity contribution in [1.29, 1.82) is 0 Å². The molecule has 0 heterocycles. The van der Waals surface area contributed by atoms with Crippen LogP contribution in [0.2, 0.25) is 18.1 Å². The third-order valence-corrected chi connectivity index (χ3v) is 8.37. The van der Waals surface area contributed by atoms with Gasteiger partial charge in [0.25, 0.3) is 0 Å². The van der Waals surface area contributed by atoms with Gasteiger partial charge in [0.1, 0.15) is 6.10 Å². The normalized spacial score (nSPS) is 15.6. The molecular formula is C16H34O4Si. The fraction of sp³-hybridized carbons (Fsp3) is 0.938. The van der Waals surface area contributed by atoms with Gasteiger partial charge in [-0.1, -0.05) is 40.5 Å². The SMILES string of the molecule is CCCC[C@H](OO[Si](C)(C)C(C)(C)C)[C@@H](C)C(=O)OCC. The summed E-state index contributed by atoms with van der Waals surface area (Å²) in [6, 6.07) is 0. The van der Waals surface area contributed by atoms with E-state index in [1.165, 1.54) is 0 Å². The van der Waals surface area contributed by atoms with Crippen molar-refractivity contribution >= 4 is 14.3 Å². The molecule has 0 N–H and O–H groups in total. The molecule has 0 saturated heterocycles. The number of unbranched alkanes of at least 4 members (excludes halogenated alkanes) is 1. The van der Waals surface area contributed by atoms with E-state index in [2.05, 4.69) is 40.8 Å². The molecule has 2 atom stereocenters. The van der Waals surface area contributed by atoms with Crippen molar-refractivity contribution in [3.8, 4) is 0 Å². The topological polar surface area (TPSA) is 44.8 Å². The van der Waals surface area contributed by atoms with Crippen molar-refractivity contribution in [2.24, 2.45) is 5.92 Å². The minimum atomic E-state index is -1.98. The second kappa shape index (κ2) is 8.91. The highest BCUT2D eigenvalue weighted by Gasteiger charge is 2.40. The predicted molar refractivity (Wildman–Crippen MR) is 88.5 cm³/mol. The average Bonchev–Trinajstić information content (AvgIpc) is 2.37. The average molecular weight is 319 g/mol. The van der Waals surface area contributed by atoms with Crippen LogP contribution >= 0.6 is 0 Å². The zero-order valence-electron chi connectivity index (χ0n) is 15.1. The van der Waals surface area contributed by atoms with Gasteiger partial charge in [-0.3, -0.25) is 9.37 Å². The molecule has 126 valence electrons. The molecule has 4 nitrogen and oxygen atoms in total. The molecule has 0 spiro atoms. The lowest BCUT2D eigenvalue weighted by molar-refractivity contribution is -0.271. The van der Waals surface area contributed by atoms with E-state index in [4.69, 9.17) is 14.2 Å². The Balaban J connectivity index is 4.74. The highest BCUT2D eigenvalue weighted by Crippen LogP contribution is 2.37. The summed E-state index contributed by atoms with van der Waals surface area (Å²) in [5, 5.41) is 0.0788. The lowest BCUT2D eigenvalue weighted by Crippen LogP contribution is -2.43. The van der Waals surface area contributed by atoms with Crippen molar-refractivity contribution in [2.75, 3.05) is 6.61 Å². The molecule has 21 heavy (non-hydrogen) atoms. The summed E-state index contributed by atoms with van der Waals surface area (Å²) in [6.07, 6.45) is 2.65. The van der Waals surface area contributed by atoms with E-state index in [1.54, 1.807) is 0 Å². The van der Waals surface area contributed by atoms with Crippen LogP contribution in [0.1, 0.15) is 60.8 Å². The Bertz CT molecular complexity index is 310. The smallest absolute Gasteiger partial charge is 0.311 e. The molecule has 0 aromatic rings. The third kappa shape index (κ3) is 6.93. The van der Waals surface area contributed by atoms with Crippen LogP contribution in [0.3, 0.4) is 0 Å². The molecule has 0 aromatic carbocycles. The maximum atomic E-state index is 11.9. The summed E-state index contributed by atoms with van der Waals surface area (Å²) in [4.78, 5) is 17.6. The molecule has 0 radical (unpaired) electrons. The standard InChI is InChI=1S/C16H34O4Si/c1-9-11-12-14(13(3)15(17)18-10-2)19-20-21(7,8)16(4,5)6/h13-14H,9-12H2,1-8H3/t13-,14+/m1/s1. The van der Waals surface area contributed by atoms with E-state index in [9.17, 15) is 4.79 Å². The Morgan fingerprint density at radius 3 is 2.19 bits per heavy atom. The maximum absolute atomic E-state index is 11.9. The van der Waals surface area contributed by atoms with Gasteiger partial charge in [0.05, 0.1) is 12.5 Å². The van der Waals surface area contributed by atoms with Gasteiger partial charge >= 0.3 is 5.97 Å². The van der Waals surface area contributed by atoms with Gasteiger partial charge in [0.15, 0.2) is 0 Å². The number of hydrogen-bond donors (Lipinski definition) is 0. The van der Waals surface area contributed by atoms with Crippen molar-refractivity contribution in [3.05, 3.63) is 0 Å². The van der Waals surface area contributed by atoms with E-state index in [0.29, 0.717) is 6.61 Å². The first-order valence-electron chi connectivity index (χ1n) is 8.08. The van der Waals surface area contributed by atoms with E-state index in [0.717, 1.165) is 19.3 Å². The van der Waals surface area contributed by atoms with E-state index in [-0.39, 0.29) is 23.0 Å². The summed E-state index contributed by atoms with van der Waals surface area (Å²) >= 11 is 0. The predicted octanol–water partition coefficient (Wildman–Crippen LogP) is 4.70. The summed E-state index contributed by atoms with van der Waals surface area (Å²) in [6.45, 7) is 17.0. The van der Waals surface area contributed by atoms with Crippen LogP contribution in [0.4, 0.5) is 0 Å². The largest absolute Gasteiger partial charge is 0.466 e. The number of rotatable bonds is 9. The number of carbonyl (C=O) groups is 1. The van der Waals surface area contributed by atoms with Crippen LogP contribution in [0, 0.1) is 5.92 Å². The molecule has 0 aliphatic carbocycles. The molecule has 0 rings (SSSR count). The highest BCUT2D eigenvalue weighted by atomic mass is 28.4. The summed E-state index contributed by atoms with van der Waals surface area (Å²) < 4.78 is 10.9. The van der Waals surface area contributed by atoms with Crippen LogP contribution in [0.25, 0.3) is 0 Å². The molecule has 0 fully saturated rings. The fourth-order valence-corrected chi connectivity index (χ4v) is 2.13. The lowest BCUT2D eigenvalue weighted by Gasteiger charge is -2.36. The first-order chi connectivity index (χ1) is 9.56. The Kier molecular flexibility index (Phi) is 8.74. The minimum absolute atomic E-state index is 0.0788. The molecule has 5 heteroatoms. The molecule has 0 bridgehead atoms. The minimum Gasteiger partial charge on any atom is -0.466 e. The van der Waals surface area contributed by atoms with E-state index < -0.39 is 8.32 Å². The maximum Gasteiger partial charge on any atom is 0.311 e. The van der Waals surface area contributed by atoms with Crippen LogP contribution < -0.4 is 0 Å². The van der Waals surface area contributed by atoms with Crippen molar-refractivity contribution in [3.63, 3.8) is 0 Å². The molecule has 0 aliphatic rings. The summed E-state index contributed by atoms with van der Waals surface area (Å²) in [5.41, 5.74) is 0. The molecule has 0 saturated carbocycles.